The van der Waals surface area contributed by atoms with Gasteiger partial charge in [0.25, 0.3) is 5.69 Å². The summed E-state index contributed by atoms with van der Waals surface area (Å²) in [5.74, 6) is -1.23. The van der Waals surface area contributed by atoms with Gasteiger partial charge in [0.05, 0.1) is 30.8 Å². The number of esters is 1. The summed E-state index contributed by atoms with van der Waals surface area (Å²) in [4.78, 5) is 21.9. The minimum atomic E-state index is -0.625. The van der Waals surface area contributed by atoms with Gasteiger partial charge >= 0.3 is 5.97 Å². The molecule has 0 atom stereocenters. The molecule has 1 heterocycles. The molecule has 0 radical (unpaired) electrons. The molecule has 2 rings (SSSR count). The Balaban J connectivity index is 2.44. The first-order chi connectivity index (χ1) is 10.5. The Kier molecular flexibility index (Phi) is 5.05. The van der Waals surface area contributed by atoms with Crippen molar-refractivity contribution in [2.24, 2.45) is 0 Å². The maximum absolute atomic E-state index is 13.8. The van der Waals surface area contributed by atoms with Crippen molar-refractivity contribution in [3.05, 3.63) is 39.7 Å². The highest BCUT2D eigenvalue weighted by atomic mass is 19.1. The number of methoxy groups -OCH3 is 1. The van der Waals surface area contributed by atoms with Gasteiger partial charge in [0.2, 0.25) is 0 Å². The van der Waals surface area contributed by atoms with E-state index in [1.165, 1.54) is 7.11 Å². The molecule has 0 bridgehead atoms. The van der Waals surface area contributed by atoms with Gasteiger partial charge in [-0.1, -0.05) is 6.08 Å². The van der Waals surface area contributed by atoms with Crippen LogP contribution in [0.15, 0.2) is 18.2 Å². The highest BCUT2D eigenvalue weighted by Gasteiger charge is 2.25. The van der Waals surface area contributed by atoms with Gasteiger partial charge in [-0.15, -0.1) is 0 Å². The number of halogens is 1. The van der Waals surface area contributed by atoms with E-state index < -0.39 is 16.7 Å². The molecule has 0 amide bonds. The average molecular weight is 310 g/mol. The molecule has 0 aliphatic carbocycles. The van der Waals surface area contributed by atoms with E-state index in [-0.39, 0.29) is 23.5 Å². The van der Waals surface area contributed by atoms with Crippen LogP contribution >= 0.6 is 0 Å². The average Bonchev–Trinajstić information content (AvgIpc) is 2.52. The lowest BCUT2D eigenvalue weighted by Gasteiger charge is -2.16. The molecule has 1 N–H and O–H groups in total. The number of nitro groups is 1. The van der Waals surface area contributed by atoms with Crippen molar-refractivity contribution in [1.29, 1.82) is 0 Å². The predicted molar refractivity (Wildman–Crippen MR) is 77.0 cm³/mol. The van der Waals surface area contributed by atoms with E-state index in [0.29, 0.717) is 25.2 Å². The molecule has 1 aliphatic rings. The SMILES string of the molecule is COC(=O)CNc1cc(F)cc(C2=CCOCC2)c1[N+](=O)[O-]. The summed E-state index contributed by atoms with van der Waals surface area (Å²) in [5, 5.41) is 13.9. The van der Waals surface area contributed by atoms with Crippen molar-refractivity contribution >= 4 is 22.9 Å². The van der Waals surface area contributed by atoms with Gasteiger partial charge in [-0.05, 0) is 18.1 Å². The molecule has 0 saturated carbocycles. The van der Waals surface area contributed by atoms with E-state index >= 15 is 0 Å². The van der Waals surface area contributed by atoms with Crippen molar-refractivity contribution in [3.8, 4) is 0 Å². The lowest BCUT2D eigenvalue weighted by atomic mass is 9.98. The molecule has 7 nitrogen and oxygen atoms in total. The summed E-state index contributed by atoms with van der Waals surface area (Å²) >= 11 is 0. The number of hydrogen-bond donors (Lipinski definition) is 1. The third kappa shape index (κ3) is 3.59. The van der Waals surface area contributed by atoms with Crippen LogP contribution in [0.25, 0.3) is 5.57 Å². The summed E-state index contributed by atoms with van der Waals surface area (Å²) in [6.45, 7) is 0.459. The summed E-state index contributed by atoms with van der Waals surface area (Å²) in [6.07, 6.45) is 2.15. The number of benzene rings is 1. The second-order valence-corrected chi connectivity index (χ2v) is 4.59. The van der Waals surface area contributed by atoms with E-state index in [9.17, 15) is 19.3 Å². The zero-order chi connectivity index (χ0) is 16.1. The lowest BCUT2D eigenvalue weighted by Crippen LogP contribution is -2.16. The molecule has 1 aromatic carbocycles. The number of carbonyl (C=O) groups excluding carboxylic acids is 1. The molecule has 22 heavy (non-hydrogen) atoms. The number of hydrogen-bond acceptors (Lipinski definition) is 6. The Hall–Kier alpha value is -2.48. The number of nitro benzene ring substituents is 1. The van der Waals surface area contributed by atoms with Crippen LogP contribution in [0.3, 0.4) is 0 Å². The van der Waals surface area contributed by atoms with Crippen LogP contribution in [-0.4, -0.2) is 37.8 Å². The Morgan fingerprint density at radius 2 is 2.32 bits per heavy atom. The van der Waals surface area contributed by atoms with Crippen molar-refractivity contribution in [2.75, 3.05) is 32.2 Å². The van der Waals surface area contributed by atoms with Crippen molar-refractivity contribution in [3.63, 3.8) is 0 Å². The van der Waals surface area contributed by atoms with Gasteiger partial charge in [-0.3, -0.25) is 14.9 Å². The zero-order valence-corrected chi connectivity index (χ0v) is 11.9. The number of rotatable bonds is 5. The van der Waals surface area contributed by atoms with Crippen molar-refractivity contribution in [1.82, 2.24) is 0 Å². The van der Waals surface area contributed by atoms with Crippen LogP contribution in [0, 0.1) is 15.9 Å². The Morgan fingerprint density at radius 3 is 2.91 bits per heavy atom. The summed E-state index contributed by atoms with van der Waals surface area (Å²) in [7, 11) is 1.20. The number of nitrogens with one attached hydrogen (secondary N) is 1. The van der Waals surface area contributed by atoms with Gasteiger partial charge < -0.3 is 14.8 Å². The first-order valence-electron chi connectivity index (χ1n) is 6.58. The van der Waals surface area contributed by atoms with Crippen molar-refractivity contribution in [2.45, 2.75) is 6.42 Å². The number of nitrogens with zero attached hydrogens (tertiary/aromatic N) is 1. The standard InChI is InChI=1S/C14H15FN2O5/c1-21-13(18)8-16-12-7-10(15)6-11(14(12)17(19)20)9-2-4-22-5-3-9/h2,6-7,16H,3-5,8H2,1H3. The molecule has 0 saturated heterocycles. The second kappa shape index (κ2) is 6.99. The summed E-state index contributed by atoms with van der Waals surface area (Å²) in [6, 6.07) is 2.11. The monoisotopic (exact) mass is 310 g/mol. The van der Waals surface area contributed by atoms with E-state index in [1.807, 2.05) is 0 Å². The Morgan fingerprint density at radius 1 is 1.55 bits per heavy atom. The maximum atomic E-state index is 13.8. The van der Waals surface area contributed by atoms with Gasteiger partial charge in [0, 0.05) is 6.07 Å². The predicted octanol–water partition coefficient (Wildman–Crippen LogP) is 2.12. The van der Waals surface area contributed by atoms with E-state index in [4.69, 9.17) is 4.74 Å². The molecule has 0 fully saturated rings. The molecule has 0 spiro atoms. The van der Waals surface area contributed by atoms with Crippen LogP contribution in [0.1, 0.15) is 12.0 Å². The Bertz CT molecular complexity index is 630. The fourth-order valence-electron chi connectivity index (χ4n) is 2.19. The zero-order valence-electron chi connectivity index (χ0n) is 11.9. The first kappa shape index (κ1) is 15.9. The van der Waals surface area contributed by atoms with Crippen LogP contribution in [0.2, 0.25) is 0 Å². The molecule has 8 heteroatoms. The molecule has 1 aliphatic heterocycles. The number of carbonyl (C=O) groups is 1. The molecule has 0 unspecified atom stereocenters. The summed E-state index contributed by atoms with van der Waals surface area (Å²) < 4.78 is 23.4. The third-order valence-electron chi connectivity index (χ3n) is 3.22. The lowest BCUT2D eigenvalue weighted by molar-refractivity contribution is -0.384. The highest BCUT2D eigenvalue weighted by molar-refractivity contribution is 5.83. The fourth-order valence-corrected chi connectivity index (χ4v) is 2.19. The number of ether oxygens (including phenoxy) is 2. The third-order valence-corrected chi connectivity index (χ3v) is 3.22. The molecular formula is C14H15FN2O5. The van der Waals surface area contributed by atoms with Crippen LogP contribution in [-0.2, 0) is 14.3 Å². The van der Waals surface area contributed by atoms with Crippen LogP contribution < -0.4 is 5.32 Å². The Labute approximate surface area is 125 Å². The minimum absolute atomic E-state index is 0.0576. The van der Waals surface area contributed by atoms with Gasteiger partial charge in [0.1, 0.15) is 18.0 Å². The van der Waals surface area contributed by atoms with Gasteiger partial charge in [-0.25, -0.2) is 4.39 Å². The van der Waals surface area contributed by atoms with E-state index in [2.05, 4.69) is 10.1 Å². The molecule has 118 valence electrons. The normalized spacial score (nSPS) is 14.2. The fraction of sp³-hybridized carbons (Fsp3) is 0.357. The molecule has 0 aromatic heterocycles. The van der Waals surface area contributed by atoms with Crippen LogP contribution in [0.5, 0.6) is 0 Å². The van der Waals surface area contributed by atoms with Crippen LogP contribution in [0.4, 0.5) is 15.8 Å². The molecular weight excluding hydrogens is 295 g/mol. The first-order valence-corrected chi connectivity index (χ1v) is 6.58. The largest absolute Gasteiger partial charge is 0.468 e. The second-order valence-electron chi connectivity index (χ2n) is 4.59. The van der Waals surface area contributed by atoms with E-state index in [0.717, 1.165) is 12.1 Å². The van der Waals surface area contributed by atoms with E-state index in [1.54, 1.807) is 6.08 Å². The maximum Gasteiger partial charge on any atom is 0.325 e. The minimum Gasteiger partial charge on any atom is -0.468 e. The molecule has 1 aromatic rings. The number of anilines is 1. The topological polar surface area (TPSA) is 90.7 Å². The van der Waals surface area contributed by atoms with Crippen molar-refractivity contribution < 1.29 is 23.6 Å². The van der Waals surface area contributed by atoms with Gasteiger partial charge in [0.15, 0.2) is 0 Å². The smallest absolute Gasteiger partial charge is 0.325 e. The van der Waals surface area contributed by atoms with Gasteiger partial charge in [-0.2, -0.15) is 0 Å². The quantitative estimate of drug-likeness (QED) is 0.509. The highest BCUT2D eigenvalue weighted by Crippen LogP contribution is 2.36. The summed E-state index contributed by atoms with van der Waals surface area (Å²) in [5.41, 5.74) is 0.524.